The molecule has 1 saturated heterocycles. The highest BCUT2D eigenvalue weighted by atomic mass is 19.1. The molecule has 8 heteroatoms. The van der Waals surface area contributed by atoms with Crippen molar-refractivity contribution in [2.45, 2.75) is 32.2 Å². The largest absolute Gasteiger partial charge is 0.467 e. The molecular formula is C23H27F2N3O3. The van der Waals surface area contributed by atoms with Gasteiger partial charge in [-0.05, 0) is 48.7 Å². The van der Waals surface area contributed by atoms with Crippen LogP contribution in [0, 0.1) is 11.6 Å². The predicted octanol–water partition coefficient (Wildman–Crippen LogP) is 3.41. The Bertz CT molecular complexity index is 936. The van der Waals surface area contributed by atoms with E-state index in [0.717, 1.165) is 22.6 Å². The molecule has 0 saturated carbocycles. The summed E-state index contributed by atoms with van der Waals surface area (Å²) in [4.78, 5) is 6.55. The summed E-state index contributed by atoms with van der Waals surface area (Å²) >= 11 is 0. The van der Waals surface area contributed by atoms with Gasteiger partial charge in [0, 0.05) is 25.7 Å². The maximum absolute atomic E-state index is 14.0. The normalized spacial score (nSPS) is 21.4. The molecule has 6 nitrogen and oxygen atoms in total. The van der Waals surface area contributed by atoms with Crippen molar-refractivity contribution in [2.24, 2.45) is 4.99 Å². The monoisotopic (exact) mass is 431 g/mol. The van der Waals surface area contributed by atoms with E-state index in [1.165, 1.54) is 24.3 Å². The molecule has 2 aromatic rings. The van der Waals surface area contributed by atoms with E-state index in [-0.39, 0.29) is 30.6 Å². The van der Waals surface area contributed by atoms with Crippen LogP contribution in [0.5, 0.6) is 5.75 Å². The number of fused-ring (bicyclic) bond motifs is 1. The Morgan fingerprint density at radius 1 is 1.16 bits per heavy atom. The summed E-state index contributed by atoms with van der Waals surface area (Å²) in [6.45, 7) is 4.40. The van der Waals surface area contributed by atoms with Crippen LogP contribution in [0.2, 0.25) is 0 Å². The van der Waals surface area contributed by atoms with Crippen LogP contribution < -0.4 is 10.1 Å². The molecule has 0 aromatic heterocycles. The number of ether oxygens (including phenoxy) is 3. The van der Waals surface area contributed by atoms with Gasteiger partial charge in [-0.25, -0.2) is 8.78 Å². The van der Waals surface area contributed by atoms with Crippen LogP contribution in [0.4, 0.5) is 8.78 Å². The van der Waals surface area contributed by atoms with E-state index in [1.807, 2.05) is 6.92 Å². The van der Waals surface area contributed by atoms with E-state index in [4.69, 9.17) is 14.2 Å². The van der Waals surface area contributed by atoms with E-state index in [1.54, 1.807) is 19.2 Å². The number of hydrogen-bond acceptors (Lipinski definition) is 4. The summed E-state index contributed by atoms with van der Waals surface area (Å²) in [6.07, 6.45) is 0.401. The Hall–Kier alpha value is -2.71. The van der Waals surface area contributed by atoms with Crippen molar-refractivity contribution < 1.29 is 23.0 Å². The van der Waals surface area contributed by atoms with Crippen molar-refractivity contribution in [3.05, 3.63) is 64.7 Å². The van der Waals surface area contributed by atoms with Gasteiger partial charge >= 0.3 is 0 Å². The van der Waals surface area contributed by atoms with E-state index in [9.17, 15) is 8.78 Å². The molecule has 2 aliphatic rings. The molecule has 0 bridgehead atoms. The van der Waals surface area contributed by atoms with E-state index >= 15 is 0 Å². The number of benzene rings is 2. The summed E-state index contributed by atoms with van der Waals surface area (Å²) in [5.41, 5.74) is 2.47. The Kier molecular flexibility index (Phi) is 6.67. The summed E-state index contributed by atoms with van der Waals surface area (Å²) in [7, 11) is 1.74. The van der Waals surface area contributed by atoms with Crippen LogP contribution in [0.1, 0.15) is 29.7 Å². The minimum absolute atomic E-state index is 0.00834. The van der Waals surface area contributed by atoms with Gasteiger partial charge in [-0.15, -0.1) is 0 Å². The second-order valence-corrected chi connectivity index (χ2v) is 7.78. The van der Waals surface area contributed by atoms with Crippen molar-refractivity contribution in [1.82, 2.24) is 10.2 Å². The van der Waals surface area contributed by atoms with Crippen LogP contribution in [0.3, 0.4) is 0 Å². The van der Waals surface area contributed by atoms with Crippen molar-refractivity contribution in [3.63, 3.8) is 0 Å². The lowest BCUT2D eigenvalue weighted by molar-refractivity contribution is -0.0604. The van der Waals surface area contributed by atoms with Gasteiger partial charge in [0.2, 0.25) is 0 Å². The molecule has 2 heterocycles. The van der Waals surface area contributed by atoms with E-state index in [2.05, 4.69) is 15.2 Å². The number of guanidine groups is 1. The van der Waals surface area contributed by atoms with Gasteiger partial charge in [-0.2, -0.15) is 0 Å². The van der Waals surface area contributed by atoms with Gasteiger partial charge in [0.25, 0.3) is 0 Å². The molecule has 0 amide bonds. The van der Waals surface area contributed by atoms with Crippen molar-refractivity contribution >= 4 is 5.96 Å². The Morgan fingerprint density at radius 3 is 2.74 bits per heavy atom. The summed E-state index contributed by atoms with van der Waals surface area (Å²) in [6, 6.07) is 9.36. The molecule has 4 rings (SSSR count). The standard InChI is InChI=1S/C23H27F2N3O3/c1-15-11-28(12-21(31-15)16-3-5-19(24)6-4-16)23(26-2)27-8-7-17-9-20(25)10-18-13-29-14-30-22(17)18/h3-6,9-10,15,21H,7-8,11-14H2,1-2H3,(H,26,27). The highest BCUT2D eigenvalue weighted by Gasteiger charge is 2.28. The van der Waals surface area contributed by atoms with Crippen molar-refractivity contribution in [3.8, 4) is 5.75 Å². The molecule has 2 aromatic carbocycles. The molecule has 0 aliphatic carbocycles. The van der Waals surface area contributed by atoms with Crippen LogP contribution >= 0.6 is 0 Å². The summed E-state index contributed by atoms with van der Waals surface area (Å²) < 4.78 is 44.2. The first kappa shape index (κ1) is 21.5. The van der Waals surface area contributed by atoms with Gasteiger partial charge < -0.3 is 24.4 Å². The van der Waals surface area contributed by atoms with Crippen LogP contribution in [0.15, 0.2) is 41.4 Å². The first-order valence-electron chi connectivity index (χ1n) is 10.4. The molecule has 2 aliphatic heterocycles. The maximum Gasteiger partial charge on any atom is 0.193 e. The summed E-state index contributed by atoms with van der Waals surface area (Å²) in [5.74, 6) is 0.894. The third-order valence-electron chi connectivity index (χ3n) is 5.44. The molecular weight excluding hydrogens is 404 g/mol. The number of aliphatic imine (C=N–C) groups is 1. The zero-order valence-electron chi connectivity index (χ0n) is 17.7. The molecule has 0 radical (unpaired) electrons. The number of hydrogen-bond donors (Lipinski definition) is 1. The fourth-order valence-corrected chi connectivity index (χ4v) is 4.07. The van der Waals surface area contributed by atoms with Gasteiger partial charge in [0.15, 0.2) is 12.8 Å². The maximum atomic E-state index is 14.0. The van der Waals surface area contributed by atoms with Crippen molar-refractivity contribution in [2.75, 3.05) is 33.5 Å². The fraction of sp³-hybridized carbons (Fsp3) is 0.435. The third-order valence-corrected chi connectivity index (χ3v) is 5.44. The number of halogens is 2. The minimum Gasteiger partial charge on any atom is -0.467 e. The number of nitrogens with zero attached hydrogens (tertiary/aromatic N) is 2. The van der Waals surface area contributed by atoms with Crippen LogP contribution in [-0.4, -0.2) is 50.4 Å². The highest BCUT2D eigenvalue weighted by molar-refractivity contribution is 5.80. The van der Waals surface area contributed by atoms with E-state index < -0.39 is 0 Å². The van der Waals surface area contributed by atoms with Gasteiger partial charge in [-0.3, -0.25) is 4.99 Å². The average Bonchev–Trinajstić information content (AvgIpc) is 2.76. The van der Waals surface area contributed by atoms with Gasteiger partial charge in [-0.1, -0.05) is 12.1 Å². The van der Waals surface area contributed by atoms with Gasteiger partial charge in [0.05, 0.1) is 19.3 Å². The lowest BCUT2D eigenvalue weighted by Gasteiger charge is -2.38. The minimum atomic E-state index is -0.295. The number of rotatable bonds is 4. The van der Waals surface area contributed by atoms with Crippen molar-refractivity contribution in [1.29, 1.82) is 0 Å². The summed E-state index contributed by atoms with van der Waals surface area (Å²) in [5, 5.41) is 3.37. The quantitative estimate of drug-likeness (QED) is 0.594. The first-order valence-corrected chi connectivity index (χ1v) is 10.4. The molecule has 1 fully saturated rings. The SMILES string of the molecule is CN=C(NCCc1cc(F)cc2c1OCOC2)N1CC(C)OC(c2ccc(F)cc2)C1. The van der Waals surface area contributed by atoms with Crippen LogP contribution in [-0.2, 0) is 22.5 Å². The topological polar surface area (TPSA) is 55.3 Å². The molecule has 0 spiro atoms. The highest BCUT2D eigenvalue weighted by Crippen LogP contribution is 2.30. The van der Waals surface area contributed by atoms with Gasteiger partial charge in [0.1, 0.15) is 23.5 Å². The predicted molar refractivity (Wildman–Crippen MR) is 113 cm³/mol. The molecule has 2 atom stereocenters. The fourth-order valence-electron chi connectivity index (χ4n) is 4.07. The van der Waals surface area contributed by atoms with E-state index in [0.29, 0.717) is 38.4 Å². The van der Waals surface area contributed by atoms with Crippen LogP contribution in [0.25, 0.3) is 0 Å². The Morgan fingerprint density at radius 2 is 1.97 bits per heavy atom. The third kappa shape index (κ3) is 5.14. The zero-order chi connectivity index (χ0) is 21.8. The second-order valence-electron chi connectivity index (χ2n) is 7.78. The molecule has 2 unspecified atom stereocenters. The lowest BCUT2D eigenvalue weighted by Crippen LogP contribution is -2.51. The molecule has 166 valence electrons. The average molecular weight is 431 g/mol. The Labute approximate surface area is 180 Å². The second kappa shape index (κ2) is 9.62. The number of morpholine rings is 1. The zero-order valence-corrected chi connectivity index (χ0v) is 17.7. The first-order chi connectivity index (χ1) is 15.0. The lowest BCUT2D eigenvalue weighted by atomic mass is 10.1. The Balaban J connectivity index is 1.40. The molecule has 1 N–H and O–H groups in total. The molecule has 31 heavy (non-hydrogen) atoms. The smallest absolute Gasteiger partial charge is 0.193 e. The number of nitrogens with one attached hydrogen (secondary N) is 1.